The van der Waals surface area contributed by atoms with Gasteiger partial charge < -0.3 is 30.3 Å². The Morgan fingerprint density at radius 3 is 2.82 bits per heavy atom. The monoisotopic (exact) mass is 467 g/mol. The number of halogens is 1. The van der Waals surface area contributed by atoms with E-state index in [2.05, 4.69) is 36.9 Å². The maximum absolute atomic E-state index is 15.4. The Balaban J connectivity index is 1.48. The zero-order valence-electron chi connectivity index (χ0n) is 18.8. The summed E-state index contributed by atoms with van der Waals surface area (Å²) in [7, 11) is 1.62. The van der Waals surface area contributed by atoms with Crippen molar-refractivity contribution in [2.45, 2.75) is 31.6 Å². The fourth-order valence-electron chi connectivity index (χ4n) is 4.70. The predicted octanol–water partition coefficient (Wildman–Crippen LogP) is 2.81. The predicted molar refractivity (Wildman–Crippen MR) is 125 cm³/mol. The first-order valence-electron chi connectivity index (χ1n) is 11.5. The van der Waals surface area contributed by atoms with Crippen LogP contribution in [0.15, 0.2) is 24.5 Å². The molecule has 178 valence electrons. The van der Waals surface area contributed by atoms with E-state index in [-0.39, 0.29) is 40.8 Å². The molecule has 1 aliphatic carbocycles. The quantitative estimate of drug-likeness (QED) is 0.529. The van der Waals surface area contributed by atoms with Crippen molar-refractivity contribution in [3.63, 3.8) is 0 Å². The Hall–Kier alpha value is -3.44. The summed E-state index contributed by atoms with van der Waals surface area (Å²) in [6.45, 7) is 3.27. The molecule has 2 fully saturated rings. The second-order valence-electron chi connectivity index (χ2n) is 8.78. The number of rotatable bonds is 2. The minimum Gasteiger partial charge on any atom is -0.384 e. The van der Waals surface area contributed by atoms with Crippen LogP contribution in [0.2, 0.25) is 0 Å². The molecule has 11 heteroatoms. The highest BCUT2D eigenvalue weighted by Gasteiger charge is 2.34. The highest BCUT2D eigenvalue weighted by Crippen LogP contribution is 2.33. The lowest BCUT2D eigenvalue weighted by Crippen LogP contribution is -2.52. The smallest absolute Gasteiger partial charge is 0.328 e. The number of benzene rings is 1. The fraction of sp³-hybridized carbons (Fsp3) is 0.435. The number of nitrogens with zero attached hydrogens (tertiary/aromatic N) is 4. The van der Waals surface area contributed by atoms with Gasteiger partial charge in [0, 0.05) is 31.5 Å². The number of ether oxygens (including phenoxy) is 2. The largest absolute Gasteiger partial charge is 0.384 e. The topological polar surface area (TPSA) is 106 Å². The van der Waals surface area contributed by atoms with Gasteiger partial charge >= 0.3 is 6.03 Å². The van der Waals surface area contributed by atoms with E-state index in [1.165, 1.54) is 10.9 Å². The van der Waals surface area contributed by atoms with Gasteiger partial charge in [0.05, 0.1) is 32.0 Å². The van der Waals surface area contributed by atoms with Crippen LogP contribution in [0.25, 0.3) is 11.2 Å². The number of amides is 1. The number of pyridine rings is 1. The van der Waals surface area contributed by atoms with Gasteiger partial charge in [-0.2, -0.15) is 0 Å². The number of aromatic nitrogens is 3. The van der Waals surface area contributed by atoms with Crippen LogP contribution in [0.4, 0.5) is 32.1 Å². The summed E-state index contributed by atoms with van der Waals surface area (Å²) in [4.78, 5) is 24.0. The third kappa shape index (κ3) is 3.61. The number of carbonyl (C=O) groups is 1. The molecule has 1 saturated carbocycles. The zero-order chi connectivity index (χ0) is 23.2. The summed E-state index contributed by atoms with van der Waals surface area (Å²) in [5.41, 5.74) is 3.40. The van der Waals surface area contributed by atoms with E-state index in [9.17, 15) is 4.79 Å². The Morgan fingerprint density at radius 1 is 1.21 bits per heavy atom. The lowest BCUT2D eigenvalue weighted by molar-refractivity contribution is -0.0323. The number of carbonyl (C=O) groups excluding carboxylic acids is 1. The number of hydrogen-bond acceptors (Lipinski definition) is 8. The first-order valence-corrected chi connectivity index (χ1v) is 11.5. The van der Waals surface area contributed by atoms with Crippen molar-refractivity contribution in [2.75, 3.05) is 48.9 Å². The Morgan fingerprint density at radius 2 is 2.06 bits per heavy atom. The molecule has 3 aromatic rings. The van der Waals surface area contributed by atoms with Crippen LogP contribution in [0.3, 0.4) is 0 Å². The molecule has 0 unspecified atom stereocenters. The molecule has 6 rings (SSSR count). The second-order valence-corrected chi connectivity index (χ2v) is 8.78. The van der Waals surface area contributed by atoms with E-state index in [0.29, 0.717) is 25.5 Å². The van der Waals surface area contributed by atoms with Gasteiger partial charge in [-0.25, -0.2) is 23.7 Å². The van der Waals surface area contributed by atoms with Gasteiger partial charge in [-0.15, -0.1) is 0 Å². The van der Waals surface area contributed by atoms with Crippen LogP contribution in [0.5, 0.6) is 0 Å². The highest BCUT2D eigenvalue weighted by molar-refractivity contribution is 5.95. The first kappa shape index (κ1) is 21.1. The zero-order valence-corrected chi connectivity index (χ0v) is 18.8. The van der Waals surface area contributed by atoms with Gasteiger partial charge in [0.15, 0.2) is 17.3 Å². The summed E-state index contributed by atoms with van der Waals surface area (Å²) in [6.07, 6.45) is 3.01. The van der Waals surface area contributed by atoms with Crippen molar-refractivity contribution in [2.24, 2.45) is 0 Å². The molecule has 10 nitrogen and oxygen atoms in total. The molecular weight excluding hydrogens is 441 g/mol. The van der Waals surface area contributed by atoms with Crippen LogP contribution in [0, 0.1) is 5.82 Å². The summed E-state index contributed by atoms with van der Waals surface area (Å²) < 4.78 is 28.4. The molecule has 4 heterocycles. The Kier molecular flexibility index (Phi) is 5.22. The third-order valence-corrected chi connectivity index (χ3v) is 6.69. The van der Waals surface area contributed by atoms with E-state index >= 15 is 4.39 Å². The SMILES string of the molecule is CNc1c(F)c2nc3c1ncn3C(=O)N[C@@H]1CC[C@H]1OCc1cc(cc(N3CCOCC3)c1)N2. The maximum atomic E-state index is 15.4. The van der Waals surface area contributed by atoms with Gasteiger partial charge in [0.25, 0.3) is 0 Å². The molecule has 0 spiro atoms. The second kappa shape index (κ2) is 8.41. The van der Waals surface area contributed by atoms with Crippen molar-refractivity contribution in [3.05, 3.63) is 35.9 Å². The molecule has 3 N–H and O–H groups in total. The van der Waals surface area contributed by atoms with Crippen molar-refractivity contribution in [1.82, 2.24) is 19.9 Å². The molecule has 0 radical (unpaired) electrons. The normalized spacial score (nSPS) is 22.4. The summed E-state index contributed by atoms with van der Waals surface area (Å²) in [5, 5.41) is 9.01. The molecular formula is C23H26FN7O3. The van der Waals surface area contributed by atoms with Crippen LogP contribution < -0.4 is 20.9 Å². The van der Waals surface area contributed by atoms with E-state index < -0.39 is 5.82 Å². The number of fused-ring (bicyclic) bond motifs is 4. The molecule has 4 bridgehead atoms. The number of imidazole rings is 1. The standard InChI is InChI=1S/C23H26FN7O3/c1-25-19-18(24)21-27-14-8-13(9-15(10-14)30-4-6-33-7-5-30)11-34-17-3-2-16(17)28-23(32)31-12-26-20(19)22(31)29-21/h8-10,12,16-17H,2-7,11H2,1H3,(H,28,32)(H2,25,27,29)/t16-,17-/m1/s1. The molecule has 2 aliphatic heterocycles. The summed E-state index contributed by atoms with van der Waals surface area (Å²) in [5.74, 6) is -0.558. The number of nitrogens with one attached hydrogen (secondary N) is 3. The third-order valence-electron chi connectivity index (χ3n) is 6.69. The van der Waals surface area contributed by atoms with Crippen LogP contribution in [-0.4, -0.2) is 66.1 Å². The molecule has 1 saturated heterocycles. The van der Waals surface area contributed by atoms with Crippen molar-refractivity contribution >= 4 is 40.1 Å². The van der Waals surface area contributed by atoms with Gasteiger partial charge in [0.1, 0.15) is 17.5 Å². The summed E-state index contributed by atoms with van der Waals surface area (Å²) in [6, 6.07) is 5.55. The van der Waals surface area contributed by atoms with E-state index in [1.54, 1.807) is 7.05 Å². The molecule has 2 aromatic heterocycles. The number of hydrogen-bond donors (Lipinski definition) is 3. The molecule has 1 aromatic carbocycles. The van der Waals surface area contributed by atoms with Crippen LogP contribution in [0.1, 0.15) is 18.4 Å². The first-order chi connectivity index (χ1) is 16.6. The molecule has 34 heavy (non-hydrogen) atoms. The van der Waals surface area contributed by atoms with Gasteiger partial charge in [0.2, 0.25) is 0 Å². The molecule has 2 atom stereocenters. The fourth-order valence-corrected chi connectivity index (χ4v) is 4.70. The minimum atomic E-state index is -0.568. The molecule has 3 aliphatic rings. The van der Waals surface area contributed by atoms with Crippen molar-refractivity contribution in [3.8, 4) is 0 Å². The lowest BCUT2D eigenvalue weighted by Gasteiger charge is -2.37. The minimum absolute atomic E-state index is 0.0102. The van der Waals surface area contributed by atoms with Crippen LogP contribution in [-0.2, 0) is 16.1 Å². The van der Waals surface area contributed by atoms with E-state index in [1.807, 2.05) is 12.1 Å². The highest BCUT2D eigenvalue weighted by atomic mass is 19.1. The van der Waals surface area contributed by atoms with Gasteiger partial charge in [-0.1, -0.05) is 0 Å². The molecule has 1 amide bonds. The number of anilines is 4. The van der Waals surface area contributed by atoms with Crippen molar-refractivity contribution in [1.29, 1.82) is 0 Å². The van der Waals surface area contributed by atoms with E-state index in [0.717, 1.165) is 37.2 Å². The lowest BCUT2D eigenvalue weighted by atomic mass is 9.89. The average molecular weight is 468 g/mol. The van der Waals surface area contributed by atoms with Gasteiger partial charge in [-0.05, 0) is 36.6 Å². The van der Waals surface area contributed by atoms with E-state index in [4.69, 9.17) is 9.47 Å². The maximum Gasteiger partial charge on any atom is 0.328 e. The summed E-state index contributed by atoms with van der Waals surface area (Å²) >= 11 is 0. The average Bonchev–Trinajstić information content (AvgIpc) is 3.26. The Labute approximate surface area is 195 Å². The van der Waals surface area contributed by atoms with Gasteiger partial charge in [-0.3, -0.25) is 0 Å². The number of morpholine rings is 1. The van der Waals surface area contributed by atoms with Crippen molar-refractivity contribution < 1.29 is 18.7 Å². The Bertz CT molecular complexity index is 1260. The van der Waals surface area contributed by atoms with Crippen LogP contribution >= 0.6 is 0 Å².